The quantitative estimate of drug-likeness (QED) is 0.566. The molecule has 0 aromatic heterocycles. The molecule has 0 atom stereocenters. The molecular weight excluding hydrogens is 186 g/mol. The summed E-state index contributed by atoms with van der Waals surface area (Å²) in [5.41, 5.74) is 0. The Balaban J connectivity index is 1.84. The zero-order valence-electron chi connectivity index (χ0n) is 8.21. The summed E-state index contributed by atoms with van der Waals surface area (Å²) in [5.74, 6) is 0. The normalized spacial score (nSPS) is 18.9. The number of hydrogen-bond donors (Lipinski definition) is 2. The summed E-state index contributed by atoms with van der Waals surface area (Å²) < 4.78 is 5.67. The van der Waals surface area contributed by atoms with Gasteiger partial charge in [-0.1, -0.05) is 0 Å². The Morgan fingerprint density at radius 1 is 1.46 bits per heavy atom. The van der Waals surface area contributed by atoms with Crippen LogP contribution in [0.1, 0.15) is 12.8 Å². The Morgan fingerprint density at radius 3 is 2.77 bits per heavy atom. The van der Waals surface area contributed by atoms with Crippen molar-refractivity contribution in [2.45, 2.75) is 17.6 Å². The summed E-state index contributed by atoms with van der Waals surface area (Å²) in [6.45, 7) is 3.26. The monoisotopic (exact) mass is 205 g/mol. The predicted molar refractivity (Wildman–Crippen MR) is 56.3 cm³/mol. The van der Waals surface area contributed by atoms with Gasteiger partial charge in [-0.25, -0.2) is 0 Å². The highest BCUT2D eigenvalue weighted by atomic mass is 32.2. The molecule has 1 rings (SSSR count). The lowest BCUT2D eigenvalue weighted by atomic mass is 10.4. The van der Waals surface area contributed by atoms with E-state index in [-0.39, 0.29) is 6.61 Å². The van der Waals surface area contributed by atoms with E-state index in [2.05, 4.69) is 11.6 Å². The van der Waals surface area contributed by atoms with Crippen molar-refractivity contribution < 1.29 is 9.84 Å². The maximum atomic E-state index is 8.45. The van der Waals surface area contributed by atoms with Gasteiger partial charge in [-0.05, 0) is 19.1 Å². The first kappa shape index (κ1) is 11.3. The minimum absolute atomic E-state index is 0.120. The average molecular weight is 205 g/mol. The number of rotatable bonds is 8. The van der Waals surface area contributed by atoms with E-state index in [0.717, 1.165) is 13.1 Å². The van der Waals surface area contributed by atoms with Crippen LogP contribution in [0.5, 0.6) is 0 Å². The van der Waals surface area contributed by atoms with Crippen LogP contribution in [0.3, 0.4) is 0 Å². The molecule has 2 N–H and O–H groups in total. The molecule has 4 heteroatoms. The van der Waals surface area contributed by atoms with Crippen LogP contribution in [0.25, 0.3) is 0 Å². The van der Waals surface area contributed by atoms with Gasteiger partial charge in [0.15, 0.2) is 0 Å². The Hall–Kier alpha value is 0.230. The third kappa shape index (κ3) is 4.31. The number of hydrogen-bond acceptors (Lipinski definition) is 4. The van der Waals surface area contributed by atoms with Crippen LogP contribution >= 0.6 is 11.8 Å². The van der Waals surface area contributed by atoms with E-state index in [1.54, 1.807) is 0 Å². The fourth-order valence-electron chi connectivity index (χ4n) is 1.22. The average Bonchev–Trinajstić information content (AvgIpc) is 2.92. The van der Waals surface area contributed by atoms with Crippen molar-refractivity contribution in [3.05, 3.63) is 0 Å². The highest BCUT2D eigenvalue weighted by Gasteiger charge is 2.41. The standard InChI is InChI=1S/C9H19NO2S/c1-13-9(2-3-9)8-10-4-6-12-7-5-11/h10-11H,2-8H2,1H3. The summed E-state index contributed by atoms with van der Waals surface area (Å²) in [5, 5.41) is 11.8. The van der Waals surface area contributed by atoms with Crippen molar-refractivity contribution in [1.29, 1.82) is 0 Å². The van der Waals surface area contributed by atoms with Crippen molar-refractivity contribution in [1.82, 2.24) is 5.32 Å². The summed E-state index contributed by atoms with van der Waals surface area (Å²) in [6.07, 6.45) is 4.87. The van der Waals surface area contributed by atoms with Crippen LogP contribution in [-0.2, 0) is 4.74 Å². The SMILES string of the molecule is CSC1(CNCCOCCO)CC1. The van der Waals surface area contributed by atoms with Crippen molar-refractivity contribution in [3.8, 4) is 0 Å². The molecule has 0 amide bonds. The zero-order chi connectivity index (χ0) is 9.57. The summed E-state index contributed by atoms with van der Waals surface area (Å²) in [4.78, 5) is 0. The van der Waals surface area contributed by atoms with E-state index in [4.69, 9.17) is 9.84 Å². The Morgan fingerprint density at radius 2 is 2.23 bits per heavy atom. The van der Waals surface area contributed by atoms with E-state index >= 15 is 0 Å². The molecule has 0 heterocycles. The van der Waals surface area contributed by atoms with Gasteiger partial charge in [0.25, 0.3) is 0 Å². The Labute approximate surface area is 84.2 Å². The lowest BCUT2D eigenvalue weighted by Gasteiger charge is -2.12. The molecule has 1 saturated carbocycles. The van der Waals surface area contributed by atoms with Crippen molar-refractivity contribution >= 4 is 11.8 Å². The molecule has 0 radical (unpaired) electrons. The summed E-state index contributed by atoms with van der Waals surface area (Å²) in [7, 11) is 0. The van der Waals surface area contributed by atoms with Crippen molar-refractivity contribution in [2.75, 3.05) is 39.2 Å². The van der Waals surface area contributed by atoms with E-state index in [9.17, 15) is 0 Å². The molecule has 0 aromatic rings. The predicted octanol–water partition coefficient (Wildman–Crippen LogP) is 0.480. The number of aliphatic hydroxyl groups excluding tert-OH is 1. The molecule has 1 fully saturated rings. The largest absolute Gasteiger partial charge is 0.394 e. The molecular formula is C9H19NO2S. The van der Waals surface area contributed by atoms with Gasteiger partial charge in [0.1, 0.15) is 0 Å². The first-order chi connectivity index (χ1) is 6.33. The fourth-order valence-corrected chi connectivity index (χ4v) is 1.98. The van der Waals surface area contributed by atoms with E-state index in [0.29, 0.717) is 18.0 Å². The lowest BCUT2D eigenvalue weighted by molar-refractivity contribution is 0.0939. The maximum Gasteiger partial charge on any atom is 0.0698 e. The van der Waals surface area contributed by atoms with Gasteiger partial charge in [0.05, 0.1) is 19.8 Å². The molecule has 0 aliphatic heterocycles. The number of aliphatic hydroxyl groups is 1. The third-order valence-corrected chi connectivity index (χ3v) is 3.77. The molecule has 0 aromatic carbocycles. The van der Waals surface area contributed by atoms with Crippen LogP contribution in [0.2, 0.25) is 0 Å². The first-order valence-electron chi connectivity index (χ1n) is 4.77. The smallest absolute Gasteiger partial charge is 0.0698 e. The first-order valence-corrected chi connectivity index (χ1v) is 6.00. The molecule has 78 valence electrons. The minimum Gasteiger partial charge on any atom is -0.394 e. The van der Waals surface area contributed by atoms with Crippen LogP contribution in [0, 0.1) is 0 Å². The van der Waals surface area contributed by atoms with Crippen molar-refractivity contribution in [3.63, 3.8) is 0 Å². The molecule has 0 saturated heterocycles. The highest BCUT2D eigenvalue weighted by molar-refractivity contribution is 8.00. The second-order valence-electron chi connectivity index (χ2n) is 3.40. The number of ether oxygens (including phenoxy) is 1. The maximum absolute atomic E-state index is 8.45. The summed E-state index contributed by atoms with van der Waals surface area (Å²) in [6, 6.07) is 0. The zero-order valence-corrected chi connectivity index (χ0v) is 9.03. The third-order valence-electron chi connectivity index (χ3n) is 2.35. The minimum atomic E-state index is 0.120. The van der Waals surface area contributed by atoms with Gasteiger partial charge < -0.3 is 15.2 Å². The van der Waals surface area contributed by atoms with Gasteiger partial charge in [-0.3, -0.25) is 0 Å². The molecule has 0 bridgehead atoms. The lowest BCUT2D eigenvalue weighted by Crippen LogP contribution is -2.29. The number of thioether (sulfide) groups is 1. The molecule has 3 nitrogen and oxygen atoms in total. The van der Waals surface area contributed by atoms with Crippen LogP contribution < -0.4 is 5.32 Å². The molecule has 1 aliphatic carbocycles. The summed E-state index contributed by atoms with van der Waals surface area (Å²) >= 11 is 1.96. The molecule has 0 unspecified atom stereocenters. The van der Waals surface area contributed by atoms with E-state index in [1.165, 1.54) is 12.8 Å². The van der Waals surface area contributed by atoms with Gasteiger partial charge in [-0.15, -0.1) is 0 Å². The van der Waals surface area contributed by atoms with Crippen LogP contribution in [0.4, 0.5) is 0 Å². The van der Waals surface area contributed by atoms with E-state index < -0.39 is 0 Å². The van der Waals surface area contributed by atoms with Gasteiger partial charge in [0, 0.05) is 17.8 Å². The Bertz CT molecular complexity index is 140. The van der Waals surface area contributed by atoms with Crippen LogP contribution in [-0.4, -0.2) is 49.0 Å². The molecule has 1 aliphatic rings. The van der Waals surface area contributed by atoms with Gasteiger partial charge in [0.2, 0.25) is 0 Å². The topological polar surface area (TPSA) is 41.5 Å². The fraction of sp³-hybridized carbons (Fsp3) is 1.00. The second kappa shape index (κ2) is 5.86. The second-order valence-corrected chi connectivity index (χ2v) is 4.67. The highest BCUT2D eigenvalue weighted by Crippen LogP contribution is 2.46. The van der Waals surface area contributed by atoms with Crippen LogP contribution in [0.15, 0.2) is 0 Å². The number of nitrogens with one attached hydrogen (secondary N) is 1. The van der Waals surface area contributed by atoms with Crippen molar-refractivity contribution in [2.24, 2.45) is 0 Å². The Kier molecular flexibility index (Phi) is 5.09. The van der Waals surface area contributed by atoms with Gasteiger partial charge in [-0.2, -0.15) is 11.8 Å². The van der Waals surface area contributed by atoms with E-state index in [1.807, 2.05) is 11.8 Å². The molecule has 0 spiro atoms. The van der Waals surface area contributed by atoms with Gasteiger partial charge >= 0.3 is 0 Å². The molecule has 13 heavy (non-hydrogen) atoms.